The number of nitrogens with two attached hydrogens (primary N) is 1. The molecule has 4 heteroatoms. The molecule has 2 atom stereocenters. The van der Waals surface area contributed by atoms with Crippen LogP contribution >= 0.6 is 0 Å². The minimum absolute atomic E-state index is 0.0896. The van der Waals surface area contributed by atoms with E-state index in [1.165, 1.54) is 5.56 Å². The summed E-state index contributed by atoms with van der Waals surface area (Å²) in [6.07, 6.45) is 1.04. The molecule has 0 spiro atoms. The molecule has 1 aliphatic heterocycles. The van der Waals surface area contributed by atoms with Crippen LogP contribution in [-0.4, -0.2) is 35.1 Å². The van der Waals surface area contributed by atoms with E-state index in [1.807, 2.05) is 18.2 Å². The molecule has 0 bridgehead atoms. The summed E-state index contributed by atoms with van der Waals surface area (Å²) in [5.41, 5.74) is 7.26. The van der Waals surface area contributed by atoms with Crippen molar-refractivity contribution in [3.05, 3.63) is 35.9 Å². The zero-order valence-corrected chi connectivity index (χ0v) is 10.5. The molecular formula is C14H20N2O2. The number of benzene rings is 1. The van der Waals surface area contributed by atoms with Crippen LogP contribution in [0.3, 0.4) is 0 Å². The molecule has 2 unspecified atom stereocenters. The van der Waals surface area contributed by atoms with Crippen LogP contribution in [-0.2, 0) is 11.3 Å². The highest BCUT2D eigenvalue weighted by Crippen LogP contribution is 2.20. The summed E-state index contributed by atoms with van der Waals surface area (Å²) in [6, 6.07) is 10.3. The second-order valence-corrected chi connectivity index (χ2v) is 5.14. The van der Waals surface area contributed by atoms with E-state index in [0.717, 1.165) is 26.1 Å². The van der Waals surface area contributed by atoms with E-state index in [0.29, 0.717) is 0 Å². The number of hydrogen-bond acceptors (Lipinski definition) is 3. The second-order valence-electron chi connectivity index (χ2n) is 5.14. The molecule has 0 aromatic heterocycles. The van der Waals surface area contributed by atoms with Crippen molar-refractivity contribution in [1.82, 2.24) is 4.90 Å². The van der Waals surface area contributed by atoms with E-state index in [-0.39, 0.29) is 18.4 Å². The summed E-state index contributed by atoms with van der Waals surface area (Å²) in [7, 11) is 0. The normalized spacial score (nSPS) is 24.9. The van der Waals surface area contributed by atoms with E-state index >= 15 is 0 Å². The number of carboxylic acid groups (broad SMARTS) is 1. The molecule has 1 heterocycles. The quantitative estimate of drug-likeness (QED) is 0.843. The Labute approximate surface area is 107 Å². The fourth-order valence-electron chi connectivity index (χ4n) is 2.71. The van der Waals surface area contributed by atoms with Gasteiger partial charge in [-0.3, -0.25) is 9.69 Å². The van der Waals surface area contributed by atoms with Crippen LogP contribution in [0, 0.1) is 5.92 Å². The minimum Gasteiger partial charge on any atom is -0.481 e. The molecule has 0 radical (unpaired) electrons. The molecule has 1 aromatic carbocycles. The third kappa shape index (κ3) is 3.82. The van der Waals surface area contributed by atoms with Crippen LogP contribution in [0.5, 0.6) is 0 Å². The maximum Gasteiger partial charge on any atom is 0.303 e. The van der Waals surface area contributed by atoms with Gasteiger partial charge in [-0.1, -0.05) is 30.3 Å². The average molecular weight is 248 g/mol. The molecule has 4 nitrogen and oxygen atoms in total. The first-order valence-electron chi connectivity index (χ1n) is 6.37. The fraction of sp³-hybridized carbons (Fsp3) is 0.500. The number of rotatable bonds is 4. The Bertz CT molecular complexity index is 394. The number of nitrogens with zero attached hydrogens (tertiary/aromatic N) is 1. The van der Waals surface area contributed by atoms with Crippen LogP contribution in [0.1, 0.15) is 18.4 Å². The van der Waals surface area contributed by atoms with Gasteiger partial charge in [0.05, 0.1) is 0 Å². The maximum absolute atomic E-state index is 10.8. The molecule has 0 saturated carbocycles. The van der Waals surface area contributed by atoms with Crippen LogP contribution in [0.15, 0.2) is 30.3 Å². The SMILES string of the molecule is NC1CC(CC(=O)O)CN(Cc2ccccc2)C1. The second kappa shape index (κ2) is 5.98. The minimum atomic E-state index is -0.728. The van der Waals surface area contributed by atoms with E-state index < -0.39 is 5.97 Å². The average Bonchev–Trinajstić information content (AvgIpc) is 2.28. The highest BCUT2D eigenvalue weighted by Gasteiger charge is 2.26. The highest BCUT2D eigenvalue weighted by atomic mass is 16.4. The lowest BCUT2D eigenvalue weighted by atomic mass is 9.91. The Hall–Kier alpha value is -1.39. The molecule has 2 rings (SSSR count). The number of likely N-dealkylation sites (tertiary alicyclic amines) is 1. The van der Waals surface area contributed by atoms with Crippen molar-refractivity contribution >= 4 is 5.97 Å². The summed E-state index contributed by atoms with van der Waals surface area (Å²) in [5, 5.41) is 8.87. The predicted molar refractivity (Wildman–Crippen MR) is 70.1 cm³/mol. The first-order valence-corrected chi connectivity index (χ1v) is 6.37. The zero-order valence-electron chi connectivity index (χ0n) is 10.5. The summed E-state index contributed by atoms with van der Waals surface area (Å²) in [4.78, 5) is 13.0. The number of carboxylic acids is 1. The van der Waals surface area contributed by atoms with Crippen molar-refractivity contribution in [2.45, 2.75) is 25.4 Å². The number of piperidine rings is 1. The predicted octanol–water partition coefficient (Wildman–Crippen LogP) is 1.31. The molecule has 0 amide bonds. The molecule has 1 fully saturated rings. The smallest absolute Gasteiger partial charge is 0.303 e. The first kappa shape index (κ1) is 13.1. The van der Waals surface area contributed by atoms with Crippen LogP contribution in [0.2, 0.25) is 0 Å². The van der Waals surface area contributed by atoms with Gasteiger partial charge in [-0.05, 0) is 17.9 Å². The molecule has 98 valence electrons. The van der Waals surface area contributed by atoms with Crippen molar-refractivity contribution in [2.24, 2.45) is 11.7 Å². The number of aliphatic carboxylic acids is 1. The van der Waals surface area contributed by atoms with Crippen LogP contribution < -0.4 is 5.73 Å². The van der Waals surface area contributed by atoms with E-state index in [2.05, 4.69) is 17.0 Å². The van der Waals surface area contributed by atoms with Gasteiger partial charge in [-0.2, -0.15) is 0 Å². The van der Waals surface area contributed by atoms with E-state index in [1.54, 1.807) is 0 Å². The van der Waals surface area contributed by atoms with Gasteiger partial charge in [0.2, 0.25) is 0 Å². The Morgan fingerprint density at radius 3 is 2.72 bits per heavy atom. The Morgan fingerprint density at radius 1 is 1.33 bits per heavy atom. The monoisotopic (exact) mass is 248 g/mol. The molecule has 3 N–H and O–H groups in total. The fourth-order valence-corrected chi connectivity index (χ4v) is 2.71. The third-order valence-electron chi connectivity index (χ3n) is 3.36. The lowest BCUT2D eigenvalue weighted by Gasteiger charge is -2.35. The van der Waals surface area contributed by atoms with Crippen molar-refractivity contribution in [1.29, 1.82) is 0 Å². The molecule has 18 heavy (non-hydrogen) atoms. The standard InChI is InChI=1S/C14H20N2O2/c15-13-6-12(7-14(17)18)9-16(10-13)8-11-4-2-1-3-5-11/h1-5,12-13H,6-10,15H2,(H,17,18). The topological polar surface area (TPSA) is 66.6 Å². The Morgan fingerprint density at radius 2 is 2.06 bits per heavy atom. The summed E-state index contributed by atoms with van der Waals surface area (Å²) >= 11 is 0. The highest BCUT2D eigenvalue weighted by molar-refractivity contribution is 5.67. The van der Waals surface area contributed by atoms with Gasteiger partial charge in [0.25, 0.3) is 0 Å². The van der Waals surface area contributed by atoms with Gasteiger partial charge in [0.1, 0.15) is 0 Å². The van der Waals surface area contributed by atoms with Gasteiger partial charge in [0, 0.05) is 32.1 Å². The zero-order chi connectivity index (χ0) is 13.0. The van der Waals surface area contributed by atoms with Crippen molar-refractivity contribution in [3.63, 3.8) is 0 Å². The first-order chi connectivity index (χ1) is 8.63. The van der Waals surface area contributed by atoms with Crippen molar-refractivity contribution < 1.29 is 9.90 Å². The largest absolute Gasteiger partial charge is 0.481 e. The lowest BCUT2D eigenvalue weighted by Crippen LogP contribution is -2.46. The summed E-state index contributed by atoms with van der Waals surface area (Å²) < 4.78 is 0. The molecular weight excluding hydrogens is 228 g/mol. The van der Waals surface area contributed by atoms with Crippen molar-refractivity contribution in [2.75, 3.05) is 13.1 Å². The van der Waals surface area contributed by atoms with Gasteiger partial charge < -0.3 is 10.8 Å². The summed E-state index contributed by atoms with van der Waals surface area (Å²) in [5.74, 6) is -0.552. The Balaban J connectivity index is 1.94. The summed E-state index contributed by atoms with van der Waals surface area (Å²) in [6.45, 7) is 2.53. The van der Waals surface area contributed by atoms with Crippen molar-refractivity contribution in [3.8, 4) is 0 Å². The van der Waals surface area contributed by atoms with Gasteiger partial charge in [-0.25, -0.2) is 0 Å². The molecule has 1 saturated heterocycles. The molecule has 1 aromatic rings. The maximum atomic E-state index is 10.8. The van der Waals surface area contributed by atoms with Crippen LogP contribution in [0.4, 0.5) is 0 Å². The lowest BCUT2D eigenvalue weighted by molar-refractivity contribution is -0.138. The Kier molecular flexibility index (Phi) is 4.33. The third-order valence-corrected chi connectivity index (χ3v) is 3.36. The van der Waals surface area contributed by atoms with E-state index in [9.17, 15) is 4.79 Å². The van der Waals surface area contributed by atoms with Gasteiger partial charge in [0.15, 0.2) is 0 Å². The molecule has 0 aliphatic carbocycles. The number of hydrogen-bond donors (Lipinski definition) is 2. The van der Waals surface area contributed by atoms with Crippen LogP contribution in [0.25, 0.3) is 0 Å². The molecule has 1 aliphatic rings. The number of carbonyl (C=O) groups is 1. The van der Waals surface area contributed by atoms with Gasteiger partial charge in [-0.15, -0.1) is 0 Å². The van der Waals surface area contributed by atoms with E-state index in [4.69, 9.17) is 10.8 Å². The van der Waals surface area contributed by atoms with Gasteiger partial charge >= 0.3 is 5.97 Å².